The molecular weight excluding hydrogens is 629 g/mol. The number of anilines is 3. The van der Waals surface area contributed by atoms with Crippen LogP contribution in [0.3, 0.4) is 0 Å². The van der Waals surface area contributed by atoms with Crippen molar-refractivity contribution >= 4 is 17.1 Å². The lowest BCUT2D eigenvalue weighted by Crippen LogP contribution is -2.16. The summed E-state index contributed by atoms with van der Waals surface area (Å²) >= 11 is 0. The zero-order chi connectivity index (χ0) is 34.0. The summed E-state index contributed by atoms with van der Waals surface area (Å²) in [6.07, 6.45) is 0. The molecule has 0 N–H and O–H groups in total. The SMILES string of the molecule is c1ccc(-c2nc(-c3ccccc3)nc(-c3ccc(-c4ccccc4Oc4ccccc4N4c5ccccc5Oc5ccccc54)cc3)n2)cc1. The molecule has 0 spiro atoms. The summed E-state index contributed by atoms with van der Waals surface area (Å²) in [5, 5.41) is 0. The van der Waals surface area contributed by atoms with E-state index in [9.17, 15) is 0 Å². The van der Waals surface area contributed by atoms with E-state index in [4.69, 9.17) is 24.4 Å². The molecule has 0 saturated heterocycles. The van der Waals surface area contributed by atoms with Crippen molar-refractivity contribution < 1.29 is 9.47 Å². The van der Waals surface area contributed by atoms with E-state index < -0.39 is 0 Å². The molecule has 0 aliphatic carbocycles. The highest BCUT2D eigenvalue weighted by atomic mass is 16.5. The van der Waals surface area contributed by atoms with E-state index in [1.165, 1.54) is 0 Å². The molecule has 0 bridgehead atoms. The van der Waals surface area contributed by atoms with Gasteiger partial charge >= 0.3 is 0 Å². The highest BCUT2D eigenvalue weighted by molar-refractivity contribution is 5.88. The van der Waals surface area contributed by atoms with Crippen LogP contribution in [0.1, 0.15) is 0 Å². The Morgan fingerprint density at radius 2 is 0.765 bits per heavy atom. The normalized spacial score (nSPS) is 11.6. The van der Waals surface area contributed by atoms with Gasteiger partial charge in [0.05, 0.1) is 17.1 Å². The Kier molecular flexibility index (Phi) is 7.72. The van der Waals surface area contributed by atoms with Gasteiger partial charge in [0.1, 0.15) is 5.75 Å². The number of para-hydroxylation sites is 7. The number of ether oxygens (including phenoxy) is 2. The second kappa shape index (κ2) is 13.1. The van der Waals surface area contributed by atoms with E-state index in [0.717, 1.165) is 67.9 Å². The smallest absolute Gasteiger partial charge is 0.164 e. The summed E-state index contributed by atoms with van der Waals surface area (Å²) in [6.45, 7) is 0. The summed E-state index contributed by atoms with van der Waals surface area (Å²) in [4.78, 5) is 16.8. The van der Waals surface area contributed by atoms with Crippen LogP contribution in [0.5, 0.6) is 23.0 Å². The van der Waals surface area contributed by atoms with Crippen LogP contribution < -0.4 is 14.4 Å². The van der Waals surface area contributed by atoms with Gasteiger partial charge in [-0.15, -0.1) is 0 Å². The van der Waals surface area contributed by atoms with Crippen molar-refractivity contribution in [3.8, 4) is 68.3 Å². The van der Waals surface area contributed by atoms with Gasteiger partial charge in [-0.05, 0) is 48.0 Å². The van der Waals surface area contributed by atoms with Crippen LogP contribution in [0.25, 0.3) is 45.3 Å². The van der Waals surface area contributed by atoms with Gasteiger partial charge in [-0.25, -0.2) is 15.0 Å². The third-order valence-corrected chi connectivity index (χ3v) is 8.80. The lowest BCUT2D eigenvalue weighted by atomic mass is 10.0. The Labute approximate surface area is 295 Å². The Hall–Kier alpha value is -7.05. The molecule has 7 aromatic carbocycles. The van der Waals surface area contributed by atoms with E-state index in [-0.39, 0.29) is 0 Å². The van der Waals surface area contributed by atoms with Crippen LogP contribution in [-0.4, -0.2) is 15.0 Å². The lowest BCUT2D eigenvalue weighted by Gasteiger charge is -2.33. The van der Waals surface area contributed by atoms with Gasteiger partial charge in [-0.2, -0.15) is 0 Å². The Balaban J connectivity index is 1.07. The lowest BCUT2D eigenvalue weighted by molar-refractivity contribution is 0.472. The maximum absolute atomic E-state index is 6.81. The molecule has 9 rings (SSSR count). The first-order chi connectivity index (χ1) is 25.3. The third-order valence-electron chi connectivity index (χ3n) is 8.80. The molecular formula is C45H30N4O2. The summed E-state index contributed by atoms with van der Waals surface area (Å²) in [7, 11) is 0. The fourth-order valence-corrected chi connectivity index (χ4v) is 6.34. The summed E-state index contributed by atoms with van der Waals surface area (Å²) in [6, 6.07) is 60.6. The zero-order valence-electron chi connectivity index (χ0n) is 27.4. The van der Waals surface area contributed by atoms with E-state index >= 15 is 0 Å². The minimum Gasteiger partial charge on any atom is -0.455 e. The number of benzene rings is 7. The third kappa shape index (κ3) is 5.85. The van der Waals surface area contributed by atoms with E-state index in [1.807, 2.05) is 133 Å². The van der Waals surface area contributed by atoms with Gasteiger partial charge < -0.3 is 9.47 Å². The number of hydrogen-bond acceptors (Lipinski definition) is 6. The molecule has 242 valence electrons. The minimum atomic E-state index is 0.610. The highest BCUT2D eigenvalue weighted by Gasteiger charge is 2.27. The van der Waals surface area contributed by atoms with Crippen molar-refractivity contribution in [2.75, 3.05) is 4.90 Å². The largest absolute Gasteiger partial charge is 0.455 e. The molecule has 0 radical (unpaired) electrons. The molecule has 0 atom stereocenters. The van der Waals surface area contributed by atoms with E-state index in [1.54, 1.807) is 0 Å². The highest BCUT2D eigenvalue weighted by Crippen LogP contribution is 2.52. The predicted molar refractivity (Wildman–Crippen MR) is 203 cm³/mol. The summed E-state index contributed by atoms with van der Waals surface area (Å²) in [5.74, 6) is 4.91. The molecule has 8 aromatic rings. The first kappa shape index (κ1) is 30.0. The Morgan fingerprint density at radius 1 is 0.353 bits per heavy atom. The number of nitrogens with zero attached hydrogens (tertiary/aromatic N) is 4. The van der Waals surface area contributed by atoms with Crippen molar-refractivity contribution in [2.45, 2.75) is 0 Å². The first-order valence-corrected chi connectivity index (χ1v) is 16.8. The average molecular weight is 659 g/mol. The number of aromatic nitrogens is 3. The van der Waals surface area contributed by atoms with Gasteiger partial charge in [0, 0.05) is 22.3 Å². The molecule has 0 fully saturated rings. The first-order valence-electron chi connectivity index (χ1n) is 16.8. The van der Waals surface area contributed by atoms with Crippen molar-refractivity contribution in [1.82, 2.24) is 15.0 Å². The fourth-order valence-electron chi connectivity index (χ4n) is 6.34. The van der Waals surface area contributed by atoms with Crippen LogP contribution in [0.2, 0.25) is 0 Å². The van der Waals surface area contributed by atoms with Crippen molar-refractivity contribution in [3.05, 3.63) is 182 Å². The van der Waals surface area contributed by atoms with Gasteiger partial charge in [0.15, 0.2) is 34.7 Å². The van der Waals surface area contributed by atoms with Gasteiger partial charge in [0.25, 0.3) is 0 Å². The van der Waals surface area contributed by atoms with Crippen molar-refractivity contribution in [1.29, 1.82) is 0 Å². The van der Waals surface area contributed by atoms with Crippen LogP contribution in [0.4, 0.5) is 17.1 Å². The molecule has 2 heterocycles. The summed E-state index contributed by atoms with van der Waals surface area (Å²) in [5.41, 5.74) is 7.53. The standard InChI is InChI=1S/C45H30N4O2/c1-3-15-32(16-4-1)43-46-44(33-17-5-2-6-18-33)48-45(47-43)34-29-27-31(28-30-34)35-19-7-11-23-39(35)50-40-24-12-8-20-36(40)49-37-21-9-13-25-41(37)51-42-26-14-10-22-38(42)49/h1-30H. The second-order valence-electron chi connectivity index (χ2n) is 12.1. The number of rotatable bonds is 7. The van der Waals surface area contributed by atoms with Crippen LogP contribution in [0, 0.1) is 0 Å². The molecule has 0 unspecified atom stereocenters. The molecule has 6 nitrogen and oxygen atoms in total. The van der Waals surface area contributed by atoms with Crippen LogP contribution in [-0.2, 0) is 0 Å². The molecule has 0 saturated carbocycles. The van der Waals surface area contributed by atoms with Crippen molar-refractivity contribution in [2.24, 2.45) is 0 Å². The van der Waals surface area contributed by atoms with E-state index in [2.05, 4.69) is 53.4 Å². The summed E-state index contributed by atoms with van der Waals surface area (Å²) < 4.78 is 13.1. The van der Waals surface area contributed by atoms with Gasteiger partial charge in [-0.3, -0.25) is 4.90 Å². The Morgan fingerprint density at radius 3 is 1.33 bits per heavy atom. The quantitative estimate of drug-likeness (QED) is 0.170. The number of hydrogen-bond donors (Lipinski definition) is 0. The molecule has 6 heteroatoms. The monoisotopic (exact) mass is 658 g/mol. The van der Waals surface area contributed by atoms with Crippen LogP contribution >= 0.6 is 0 Å². The van der Waals surface area contributed by atoms with Gasteiger partial charge in [-0.1, -0.05) is 140 Å². The minimum absolute atomic E-state index is 0.610. The van der Waals surface area contributed by atoms with E-state index in [0.29, 0.717) is 17.5 Å². The Bertz CT molecular complexity index is 2380. The zero-order valence-corrected chi connectivity index (χ0v) is 27.4. The molecule has 1 aromatic heterocycles. The van der Waals surface area contributed by atoms with Crippen molar-refractivity contribution in [3.63, 3.8) is 0 Å². The second-order valence-corrected chi connectivity index (χ2v) is 12.1. The maximum atomic E-state index is 6.81. The fraction of sp³-hybridized carbons (Fsp3) is 0. The molecule has 0 amide bonds. The molecule has 1 aliphatic rings. The molecule has 1 aliphatic heterocycles. The maximum Gasteiger partial charge on any atom is 0.164 e. The molecule has 51 heavy (non-hydrogen) atoms. The average Bonchev–Trinajstić information content (AvgIpc) is 3.21. The topological polar surface area (TPSA) is 60.4 Å². The number of fused-ring (bicyclic) bond motifs is 2. The predicted octanol–water partition coefficient (Wildman–Crippen LogP) is 11.9. The van der Waals surface area contributed by atoms with Crippen LogP contribution in [0.15, 0.2) is 182 Å². The van der Waals surface area contributed by atoms with Gasteiger partial charge in [0.2, 0.25) is 0 Å².